The van der Waals surface area contributed by atoms with Crippen molar-refractivity contribution >= 4 is 22.6 Å². The zero-order chi connectivity index (χ0) is 16.4. The number of para-hydroxylation sites is 1. The molecule has 0 aliphatic carbocycles. The van der Waals surface area contributed by atoms with E-state index in [4.69, 9.17) is 5.11 Å². The van der Waals surface area contributed by atoms with Gasteiger partial charge in [-0.05, 0) is 19.1 Å². The van der Waals surface area contributed by atoms with Crippen LogP contribution in [0, 0.1) is 6.92 Å². The van der Waals surface area contributed by atoms with Gasteiger partial charge in [-0.15, -0.1) is 0 Å². The third-order valence-electron chi connectivity index (χ3n) is 4.45. The number of pyridine rings is 1. The molecular formula is C17H22N3O3+. The van der Waals surface area contributed by atoms with Crippen molar-refractivity contribution < 1.29 is 19.9 Å². The maximum absolute atomic E-state index is 11.4. The van der Waals surface area contributed by atoms with Crippen LogP contribution in [0.5, 0.6) is 0 Å². The summed E-state index contributed by atoms with van der Waals surface area (Å²) < 4.78 is 0. The topological polar surface area (TPSA) is 78.1 Å². The monoisotopic (exact) mass is 316 g/mol. The Balaban J connectivity index is 1.98. The number of nitrogens with one attached hydrogen (secondary N) is 1. The van der Waals surface area contributed by atoms with Crippen LogP contribution in [0.25, 0.3) is 10.9 Å². The van der Waals surface area contributed by atoms with Crippen LogP contribution in [-0.4, -0.2) is 60.5 Å². The minimum Gasteiger partial charge on any atom is -0.478 e. The number of carboxylic acids is 1. The van der Waals surface area contributed by atoms with Crippen LogP contribution in [0.15, 0.2) is 24.3 Å². The smallest absolute Gasteiger partial charge is 0.337 e. The van der Waals surface area contributed by atoms with Crippen molar-refractivity contribution in [2.75, 3.05) is 44.2 Å². The molecule has 23 heavy (non-hydrogen) atoms. The molecule has 1 aliphatic heterocycles. The summed E-state index contributed by atoms with van der Waals surface area (Å²) in [5.74, 6) is -0.947. The number of aryl methyl sites for hydroxylation is 1. The number of piperazine rings is 1. The lowest BCUT2D eigenvalue weighted by atomic mass is 10.1. The van der Waals surface area contributed by atoms with E-state index < -0.39 is 5.97 Å². The summed E-state index contributed by atoms with van der Waals surface area (Å²) in [6.45, 7) is 6.64. The second kappa shape index (κ2) is 6.52. The lowest BCUT2D eigenvalue weighted by molar-refractivity contribution is -0.900. The fraction of sp³-hybridized carbons (Fsp3) is 0.412. The number of aliphatic hydroxyl groups excluding tert-OH is 1. The Labute approximate surface area is 135 Å². The average molecular weight is 316 g/mol. The number of hydrogen-bond acceptors (Lipinski definition) is 4. The van der Waals surface area contributed by atoms with E-state index in [9.17, 15) is 9.90 Å². The molecule has 1 fully saturated rings. The molecule has 0 radical (unpaired) electrons. The summed E-state index contributed by atoms with van der Waals surface area (Å²) in [6, 6.07) is 7.35. The number of anilines is 1. The van der Waals surface area contributed by atoms with E-state index in [2.05, 4.69) is 9.88 Å². The summed E-state index contributed by atoms with van der Waals surface area (Å²) in [4.78, 5) is 19.6. The van der Waals surface area contributed by atoms with Crippen molar-refractivity contribution in [3.63, 3.8) is 0 Å². The van der Waals surface area contributed by atoms with Crippen molar-refractivity contribution in [3.8, 4) is 0 Å². The molecule has 2 aromatic rings. The standard InChI is InChI=1S/C17H21N3O3/c1-12-11-15(20-7-5-19(6-8-20)9-10-21)13-3-2-4-14(17(22)23)16(13)18-12/h2-4,11,21H,5-10H2,1H3,(H,22,23)/p+1. The van der Waals surface area contributed by atoms with Crippen LogP contribution >= 0.6 is 0 Å². The maximum atomic E-state index is 11.4. The molecular weight excluding hydrogens is 294 g/mol. The summed E-state index contributed by atoms with van der Waals surface area (Å²) in [5, 5.41) is 19.3. The Morgan fingerprint density at radius 2 is 2.09 bits per heavy atom. The maximum Gasteiger partial charge on any atom is 0.337 e. The van der Waals surface area contributed by atoms with E-state index in [1.165, 1.54) is 4.90 Å². The van der Waals surface area contributed by atoms with Crippen molar-refractivity contribution in [2.24, 2.45) is 0 Å². The highest BCUT2D eigenvalue weighted by Gasteiger charge is 2.22. The quantitative estimate of drug-likeness (QED) is 0.736. The minimum absolute atomic E-state index is 0.217. The van der Waals surface area contributed by atoms with Crippen LogP contribution in [0.1, 0.15) is 16.1 Å². The van der Waals surface area contributed by atoms with Crippen molar-refractivity contribution in [1.29, 1.82) is 0 Å². The first-order valence-electron chi connectivity index (χ1n) is 7.93. The zero-order valence-corrected chi connectivity index (χ0v) is 13.2. The number of aromatic nitrogens is 1. The number of quaternary nitrogens is 1. The van der Waals surface area contributed by atoms with Crippen LogP contribution in [-0.2, 0) is 0 Å². The van der Waals surface area contributed by atoms with Crippen molar-refractivity contribution in [3.05, 3.63) is 35.5 Å². The molecule has 6 nitrogen and oxygen atoms in total. The highest BCUT2D eigenvalue weighted by Crippen LogP contribution is 2.29. The van der Waals surface area contributed by atoms with Gasteiger partial charge in [-0.1, -0.05) is 12.1 Å². The number of hydrogen-bond donors (Lipinski definition) is 3. The molecule has 122 valence electrons. The fourth-order valence-electron chi connectivity index (χ4n) is 3.26. The highest BCUT2D eigenvalue weighted by atomic mass is 16.4. The molecule has 0 saturated carbocycles. The summed E-state index contributed by atoms with van der Waals surface area (Å²) in [6.07, 6.45) is 0. The summed E-state index contributed by atoms with van der Waals surface area (Å²) in [5.41, 5.74) is 2.68. The van der Waals surface area contributed by atoms with Crippen LogP contribution in [0.3, 0.4) is 0 Å². The molecule has 2 heterocycles. The van der Waals surface area contributed by atoms with E-state index in [1.807, 2.05) is 19.1 Å². The third-order valence-corrected chi connectivity index (χ3v) is 4.45. The first-order valence-corrected chi connectivity index (χ1v) is 7.93. The van der Waals surface area contributed by atoms with E-state index in [0.29, 0.717) is 5.52 Å². The number of aromatic carboxylic acids is 1. The van der Waals surface area contributed by atoms with Crippen LogP contribution in [0.2, 0.25) is 0 Å². The number of rotatable bonds is 4. The molecule has 1 aromatic carbocycles. The normalized spacial score (nSPS) is 16.0. The Morgan fingerprint density at radius 3 is 2.74 bits per heavy atom. The Kier molecular flexibility index (Phi) is 4.45. The molecule has 1 aromatic heterocycles. The lowest BCUT2D eigenvalue weighted by Crippen LogP contribution is -3.15. The molecule has 6 heteroatoms. The first kappa shape index (κ1) is 15.7. The van der Waals surface area contributed by atoms with Gasteiger partial charge in [-0.2, -0.15) is 0 Å². The SMILES string of the molecule is Cc1cc(N2CC[NH+](CCO)CC2)c2cccc(C(=O)O)c2n1. The van der Waals surface area contributed by atoms with Gasteiger partial charge in [-0.3, -0.25) is 4.98 Å². The van der Waals surface area contributed by atoms with E-state index in [-0.39, 0.29) is 12.2 Å². The van der Waals surface area contributed by atoms with Gasteiger partial charge in [0.05, 0.1) is 43.9 Å². The van der Waals surface area contributed by atoms with Gasteiger partial charge in [0, 0.05) is 16.8 Å². The Morgan fingerprint density at radius 1 is 1.35 bits per heavy atom. The van der Waals surface area contributed by atoms with Gasteiger partial charge in [0.15, 0.2) is 0 Å². The van der Waals surface area contributed by atoms with Gasteiger partial charge in [-0.25, -0.2) is 4.79 Å². The predicted molar refractivity (Wildman–Crippen MR) is 88.3 cm³/mol. The van der Waals surface area contributed by atoms with E-state index >= 15 is 0 Å². The fourth-order valence-corrected chi connectivity index (χ4v) is 3.26. The summed E-state index contributed by atoms with van der Waals surface area (Å²) >= 11 is 0. The molecule has 1 saturated heterocycles. The Bertz CT molecular complexity index is 724. The molecule has 0 amide bonds. The van der Waals surface area contributed by atoms with Gasteiger partial charge in [0.2, 0.25) is 0 Å². The van der Waals surface area contributed by atoms with Crippen molar-refractivity contribution in [2.45, 2.75) is 6.92 Å². The lowest BCUT2D eigenvalue weighted by Gasteiger charge is -2.34. The average Bonchev–Trinajstić information content (AvgIpc) is 2.54. The minimum atomic E-state index is -0.947. The predicted octanol–water partition coefficient (Wildman–Crippen LogP) is -0.0614. The molecule has 0 spiro atoms. The first-order chi connectivity index (χ1) is 11.1. The molecule has 3 N–H and O–H groups in total. The van der Waals surface area contributed by atoms with Gasteiger partial charge >= 0.3 is 5.97 Å². The Hall–Kier alpha value is -2.18. The number of benzene rings is 1. The zero-order valence-electron chi connectivity index (χ0n) is 13.2. The number of fused-ring (bicyclic) bond motifs is 1. The van der Waals surface area contributed by atoms with Gasteiger partial charge < -0.3 is 20.0 Å². The number of aliphatic hydroxyl groups is 1. The van der Waals surface area contributed by atoms with E-state index in [1.54, 1.807) is 12.1 Å². The molecule has 0 atom stereocenters. The molecule has 1 aliphatic rings. The number of carbonyl (C=O) groups is 1. The van der Waals surface area contributed by atoms with Gasteiger partial charge in [0.1, 0.15) is 6.54 Å². The van der Waals surface area contributed by atoms with E-state index in [0.717, 1.165) is 49.5 Å². The molecule has 3 rings (SSSR count). The second-order valence-corrected chi connectivity index (χ2v) is 6.00. The highest BCUT2D eigenvalue weighted by molar-refractivity contribution is 6.05. The second-order valence-electron chi connectivity index (χ2n) is 6.00. The van der Waals surface area contributed by atoms with Crippen LogP contribution in [0.4, 0.5) is 5.69 Å². The van der Waals surface area contributed by atoms with Crippen LogP contribution < -0.4 is 9.80 Å². The number of carboxylic acid groups (broad SMARTS) is 1. The summed E-state index contributed by atoms with van der Waals surface area (Å²) in [7, 11) is 0. The number of nitrogens with zero attached hydrogens (tertiary/aromatic N) is 2. The largest absolute Gasteiger partial charge is 0.478 e. The third kappa shape index (κ3) is 3.13. The van der Waals surface area contributed by atoms with Gasteiger partial charge in [0.25, 0.3) is 0 Å². The molecule has 0 unspecified atom stereocenters. The van der Waals surface area contributed by atoms with Crippen molar-refractivity contribution in [1.82, 2.24) is 4.98 Å². The molecule has 0 bridgehead atoms.